The zero-order chi connectivity index (χ0) is 20.3. The molecule has 2 aromatic carbocycles. The van der Waals surface area contributed by atoms with E-state index in [1.165, 1.54) is 12.1 Å². The van der Waals surface area contributed by atoms with Gasteiger partial charge in [0.25, 0.3) is 11.7 Å². The maximum absolute atomic E-state index is 12.7. The summed E-state index contributed by atoms with van der Waals surface area (Å²) >= 11 is 6.86. The second-order valence-electron chi connectivity index (χ2n) is 6.25. The van der Waals surface area contributed by atoms with Gasteiger partial charge in [0.1, 0.15) is 5.15 Å². The van der Waals surface area contributed by atoms with E-state index in [9.17, 15) is 13.6 Å². The van der Waals surface area contributed by atoms with Crippen molar-refractivity contribution >= 4 is 35.0 Å². The number of carbonyl (C=O) groups is 1. The van der Waals surface area contributed by atoms with Gasteiger partial charge in [-0.1, -0.05) is 53.2 Å². The predicted octanol–water partition coefficient (Wildman–Crippen LogP) is 5.77. The highest BCUT2D eigenvalue weighted by molar-refractivity contribution is 7.99. The summed E-state index contributed by atoms with van der Waals surface area (Å²) in [4.78, 5) is 13.1. The molecule has 3 rings (SSSR count). The lowest BCUT2D eigenvalue weighted by atomic mass is 10.1. The van der Waals surface area contributed by atoms with E-state index in [0.29, 0.717) is 40.1 Å². The van der Waals surface area contributed by atoms with Gasteiger partial charge in [0.2, 0.25) is 0 Å². The highest BCUT2D eigenvalue weighted by Crippen LogP contribution is 2.27. The van der Waals surface area contributed by atoms with E-state index in [-0.39, 0.29) is 5.15 Å². The number of hydrogen-bond acceptors (Lipinski definition) is 3. The van der Waals surface area contributed by atoms with Crippen LogP contribution in [-0.2, 0) is 6.54 Å². The van der Waals surface area contributed by atoms with Gasteiger partial charge < -0.3 is 5.32 Å². The fourth-order valence-electron chi connectivity index (χ4n) is 2.70. The number of carbonyl (C=O) groups excluding carboxylic acids is 1. The quantitative estimate of drug-likeness (QED) is 0.514. The standard InChI is InChI=1S/C20H18ClF2N3OS/c1-12-3-5-14(6-4-12)11-26-18(21)17(13(2)25-26)19(27)24-15-7-9-16(10-8-15)28-20(22)23/h3-10,20H,11H2,1-2H3,(H,24,27). The van der Waals surface area contributed by atoms with E-state index in [0.717, 1.165) is 11.1 Å². The second-order valence-corrected chi connectivity index (χ2v) is 7.67. The van der Waals surface area contributed by atoms with Crippen LogP contribution in [0.5, 0.6) is 0 Å². The highest BCUT2D eigenvalue weighted by atomic mass is 35.5. The van der Waals surface area contributed by atoms with Crippen LogP contribution in [0.15, 0.2) is 53.4 Å². The van der Waals surface area contributed by atoms with Crippen molar-refractivity contribution in [3.05, 3.63) is 76.1 Å². The van der Waals surface area contributed by atoms with Gasteiger partial charge in [0.15, 0.2) is 0 Å². The molecule has 1 heterocycles. The van der Waals surface area contributed by atoms with Crippen molar-refractivity contribution in [3.63, 3.8) is 0 Å². The van der Waals surface area contributed by atoms with E-state index in [1.54, 1.807) is 23.7 Å². The normalized spacial score (nSPS) is 11.1. The Morgan fingerprint density at radius 3 is 2.39 bits per heavy atom. The minimum absolute atomic E-state index is 0.250. The molecule has 1 N–H and O–H groups in total. The first-order valence-corrected chi connectivity index (χ1v) is 9.74. The number of amides is 1. The third kappa shape index (κ3) is 4.91. The Morgan fingerprint density at radius 2 is 1.79 bits per heavy atom. The molecule has 1 amide bonds. The Morgan fingerprint density at radius 1 is 1.14 bits per heavy atom. The molecular weight excluding hydrogens is 404 g/mol. The van der Waals surface area contributed by atoms with Crippen LogP contribution >= 0.6 is 23.4 Å². The zero-order valence-corrected chi connectivity index (χ0v) is 16.8. The Bertz CT molecular complexity index is 972. The number of rotatable bonds is 6. The van der Waals surface area contributed by atoms with Crippen LogP contribution in [0.1, 0.15) is 27.2 Å². The molecule has 1 aromatic heterocycles. The molecule has 0 saturated heterocycles. The predicted molar refractivity (Wildman–Crippen MR) is 109 cm³/mol. The van der Waals surface area contributed by atoms with Gasteiger partial charge in [0, 0.05) is 10.6 Å². The van der Waals surface area contributed by atoms with Gasteiger partial charge >= 0.3 is 0 Å². The molecule has 0 unspecified atom stereocenters. The van der Waals surface area contributed by atoms with Crippen molar-refractivity contribution in [1.82, 2.24) is 9.78 Å². The largest absolute Gasteiger partial charge is 0.322 e. The van der Waals surface area contributed by atoms with Crippen LogP contribution in [0.25, 0.3) is 0 Å². The molecule has 3 aromatic rings. The first-order chi connectivity index (χ1) is 13.3. The number of anilines is 1. The van der Waals surface area contributed by atoms with Crippen molar-refractivity contribution in [2.24, 2.45) is 0 Å². The maximum Gasteiger partial charge on any atom is 0.288 e. The van der Waals surface area contributed by atoms with E-state index < -0.39 is 11.7 Å². The number of alkyl halides is 2. The first-order valence-electron chi connectivity index (χ1n) is 8.48. The lowest BCUT2D eigenvalue weighted by Gasteiger charge is -2.07. The Kier molecular flexibility index (Phi) is 6.36. The SMILES string of the molecule is Cc1ccc(Cn2nc(C)c(C(=O)Nc3ccc(SC(F)F)cc3)c2Cl)cc1. The van der Waals surface area contributed by atoms with Gasteiger partial charge in [-0.2, -0.15) is 13.9 Å². The average Bonchev–Trinajstić information content (AvgIpc) is 2.91. The number of aryl methyl sites for hydroxylation is 2. The van der Waals surface area contributed by atoms with Crippen molar-refractivity contribution < 1.29 is 13.6 Å². The first kappa shape index (κ1) is 20.4. The fraction of sp³-hybridized carbons (Fsp3) is 0.200. The molecule has 0 aliphatic rings. The number of thioether (sulfide) groups is 1. The van der Waals surface area contributed by atoms with Crippen molar-refractivity contribution in [1.29, 1.82) is 0 Å². The molecule has 0 atom stereocenters. The van der Waals surface area contributed by atoms with E-state index >= 15 is 0 Å². The summed E-state index contributed by atoms with van der Waals surface area (Å²) < 4.78 is 26.4. The third-order valence-corrected chi connectivity index (χ3v) is 5.19. The third-order valence-electron chi connectivity index (χ3n) is 4.08. The van der Waals surface area contributed by atoms with Crippen molar-refractivity contribution in [2.45, 2.75) is 31.0 Å². The Hall–Kier alpha value is -2.38. The minimum Gasteiger partial charge on any atom is -0.322 e. The molecule has 4 nitrogen and oxygen atoms in total. The minimum atomic E-state index is -2.48. The average molecular weight is 422 g/mol. The molecule has 28 heavy (non-hydrogen) atoms. The lowest BCUT2D eigenvalue weighted by molar-refractivity contribution is 0.102. The number of nitrogens with one attached hydrogen (secondary N) is 1. The molecular formula is C20H18ClF2N3OS. The summed E-state index contributed by atoms with van der Waals surface area (Å²) in [5, 5.41) is 7.36. The molecule has 0 fully saturated rings. The van der Waals surface area contributed by atoms with Crippen molar-refractivity contribution in [2.75, 3.05) is 5.32 Å². The van der Waals surface area contributed by atoms with Crippen LogP contribution in [-0.4, -0.2) is 21.4 Å². The number of benzene rings is 2. The lowest BCUT2D eigenvalue weighted by Crippen LogP contribution is -2.13. The molecule has 0 radical (unpaired) electrons. The molecule has 8 heteroatoms. The van der Waals surface area contributed by atoms with Crippen LogP contribution in [0.4, 0.5) is 14.5 Å². The topological polar surface area (TPSA) is 46.9 Å². The number of hydrogen-bond donors (Lipinski definition) is 1. The smallest absolute Gasteiger partial charge is 0.288 e. The summed E-state index contributed by atoms with van der Waals surface area (Å²) in [6.07, 6.45) is 0. The summed E-state index contributed by atoms with van der Waals surface area (Å²) in [6.45, 7) is 4.18. The molecule has 0 saturated carbocycles. The summed E-state index contributed by atoms with van der Waals surface area (Å²) in [6, 6.07) is 14.2. The van der Waals surface area contributed by atoms with Crippen LogP contribution in [0, 0.1) is 13.8 Å². The molecule has 146 valence electrons. The van der Waals surface area contributed by atoms with Gasteiger partial charge in [0.05, 0.1) is 17.8 Å². The van der Waals surface area contributed by atoms with Gasteiger partial charge in [-0.15, -0.1) is 0 Å². The van der Waals surface area contributed by atoms with Crippen LogP contribution < -0.4 is 5.32 Å². The van der Waals surface area contributed by atoms with Gasteiger partial charge in [-0.05, 0) is 43.7 Å². The van der Waals surface area contributed by atoms with Crippen LogP contribution in [0.3, 0.4) is 0 Å². The molecule has 0 bridgehead atoms. The molecule has 0 spiro atoms. The van der Waals surface area contributed by atoms with Crippen LogP contribution in [0.2, 0.25) is 5.15 Å². The number of aromatic nitrogens is 2. The summed E-state index contributed by atoms with van der Waals surface area (Å²) in [7, 11) is 0. The highest BCUT2D eigenvalue weighted by Gasteiger charge is 2.20. The Balaban J connectivity index is 1.74. The number of nitrogens with zero attached hydrogens (tertiary/aromatic N) is 2. The fourth-order valence-corrected chi connectivity index (χ4v) is 3.51. The van der Waals surface area contributed by atoms with E-state index in [1.807, 2.05) is 31.2 Å². The monoisotopic (exact) mass is 421 g/mol. The summed E-state index contributed by atoms with van der Waals surface area (Å²) in [5.41, 5.74) is 3.48. The van der Waals surface area contributed by atoms with Crippen molar-refractivity contribution in [3.8, 4) is 0 Å². The summed E-state index contributed by atoms with van der Waals surface area (Å²) in [5.74, 6) is -2.88. The Labute approximate surface area is 170 Å². The van der Waals surface area contributed by atoms with E-state index in [2.05, 4.69) is 10.4 Å². The van der Waals surface area contributed by atoms with E-state index in [4.69, 9.17) is 11.6 Å². The second kappa shape index (κ2) is 8.75. The van der Waals surface area contributed by atoms with Gasteiger partial charge in [-0.3, -0.25) is 4.79 Å². The van der Waals surface area contributed by atoms with Gasteiger partial charge in [-0.25, -0.2) is 4.68 Å². The molecule has 0 aliphatic heterocycles. The maximum atomic E-state index is 12.7. The molecule has 0 aliphatic carbocycles. The number of halogens is 3. The zero-order valence-electron chi connectivity index (χ0n) is 15.2.